The van der Waals surface area contributed by atoms with E-state index in [0.717, 1.165) is 39.3 Å². The lowest BCUT2D eigenvalue weighted by atomic mass is 10.2. The fourth-order valence-electron chi connectivity index (χ4n) is 2.88. The predicted molar refractivity (Wildman–Crippen MR) is 102 cm³/mol. The van der Waals surface area contributed by atoms with Crippen molar-refractivity contribution in [2.45, 2.75) is 12.5 Å². The minimum atomic E-state index is -1.26. The molecule has 2 N–H and O–H groups in total. The van der Waals surface area contributed by atoms with Crippen molar-refractivity contribution < 1.29 is 34.1 Å². The molecule has 0 bridgehead atoms. The van der Waals surface area contributed by atoms with Crippen molar-refractivity contribution in [2.75, 3.05) is 46.4 Å². The van der Waals surface area contributed by atoms with E-state index < -0.39 is 11.9 Å². The number of likely N-dealkylation sites (N-methyl/N-ethyl adjacent to an activating group) is 1. The number of aliphatic carboxylic acids is 2. The van der Waals surface area contributed by atoms with Crippen LogP contribution < -0.4 is 4.74 Å². The van der Waals surface area contributed by atoms with E-state index in [0.29, 0.717) is 30.1 Å². The zero-order valence-electron chi connectivity index (χ0n) is 16.2. The smallest absolute Gasteiger partial charge is 0.328 e. The fourth-order valence-corrected chi connectivity index (χ4v) is 2.88. The third kappa shape index (κ3) is 7.51. The summed E-state index contributed by atoms with van der Waals surface area (Å²) in [5, 5.41) is 15.6. The van der Waals surface area contributed by atoms with Crippen molar-refractivity contribution in [1.29, 1.82) is 0 Å². The molecule has 0 radical (unpaired) electrons. The number of pyridine rings is 1. The highest BCUT2D eigenvalue weighted by atomic mass is 16.5. The van der Waals surface area contributed by atoms with Crippen molar-refractivity contribution in [1.82, 2.24) is 14.8 Å². The molecule has 1 amide bonds. The van der Waals surface area contributed by atoms with Gasteiger partial charge in [-0.25, -0.2) is 14.6 Å². The average molecular weight is 407 g/mol. The Bertz CT molecular complexity index is 731. The molecule has 1 atom stereocenters. The lowest BCUT2D eigenvalue weighted by Crippen LogP contribution is -2.40. The molecule has 0 aromatic carbocycles. The number of ether oxygens (including phenoxy) is 2. The van der Waals surface area contributed by atoms with Crippen molar-refractivity contribution >= 4 is 17.8 Å². The third-order valence-electron chi connectivity index (χ3n) is 4.34. The molecule has 10 heteroatoms. The van der Waals surface area contributed by atoms with Crippen LogP contribution in [0.15, 0.2) is 30.5 Å². The van der Waals surface area contributed by atoms with Crippen molar-refractivity contribution in [3.05, 3.63) is 36.0 Å². The van der Waals surface area contributed by atoms with Gasteiger partial charge >= 0.3 is 11.9 Å². The van der Waals surface area contributed by atoms with Gasteiger partial charge in [0.25, 0.3) is 5.91 Å². The third-order valence-corrected chi connectivity index (χ3v) is 4.34. The van der Waals surface area contributed by atoms with Crippen molar-refractivity contribution in [3.8, 4) is 5.88 Å². The molecule has 2 aliphatic heterocycles. The standard InChI is InChI=1S/C15H21N3O3.C4H4O4/c1-17-11-12(4-6-18-7-9-20-10-8-18)21-14-13(15(17)19)3-2-5-16-14;5-3(6)1-2-4(7)8/h2-3,5,12H,4,6-11H2,1H3;1-2H,(H,5,6)(H,7,8)/b;2-1-. The zero-order valence-corrected chi connectivity index (χ0v) is 16.2. The van der Waals surface area contributed by atoms with Crippen LogP contribution in [0.5, 0.6) is 5.88 Å². The molecular formula is C19H25N3O7. The number of rotatable bonds is 5. The SMILES string of the molecule is CN1CC(CCN2CCOCC2)Oc2ncccc2C1=O.O=C(O)/C=C\C(=O)O. The Balaban J connectivity index is 0.000000321. The molecule has 29 heavy (non-hydrogen) atoms. The number of aromatic nitrogens is 1. The monoisotopic (exact) mass is 407 g/mol. The maximum Gasteiger partial charge on any atom is 0.328 e. The summed E-state index contributed by atoms with van der Waals surface area (Å²) >= 11 is 0. The Morgan fingerprint density at radius 1 is 1.24 bits per heavy atom. The second-order valence-corrected chi connectivity index (χ2v) is 6.53. The molecule has 10 nitrogen and oxygen atoms in total. The summed E-state index contributed by atoms with van der Waals surface area (Å²) in [6, 6.07) is 3.54. The largest absolute Gasteiger partial charge is 0.478 e. The molecule has 0 spiro atoms. The Labute approximate surface area is 168 Å². The van der Waals surface area contributed by atoms with Crippen LogP contribution in [0.4, 0.5) is 0 Å². The van der Waals surface area contributed by atoms with Crippen molar-refractivity contribution in [3.63, 3.8) is 0 Å². The van der Waals surface area contributed by atoms with Crippen LogP contribution in [0.2, 0.25) is 0 Å². The summed E-state index contributed by atoms with van der Waals surface area (Å²) in [6.45, 7) is 5.09. The number of nitrogens with zero attached hydrogens (tertiary/aromatic N) is 3. The molecule has 0 aliphatic carbocycles. The van der Waals surface area contributed by atoms with Crippen LogP contribution in [-0.2, 0) is 14.3 Å². The van der Waals surface area contributed by atoms with Crippen LogP contribution in [0, 0.1) is 0 Å². The number of carbonyl (C=O) groups excluding carboxylic acids is 1. The normalized spacial score (nSPS) is 19.6. The Morgan fingerprint density at radius 2 is 1.90 bits per heavy atom. The predicted octanol–water partition coefficient (Wildman–Crippen LogP) is 0.349. The fraction of sp³-hybridized carbons (Fsp3) is 0.474. The van der Waals surface area contributed by atoms with E-state index in [-0.39, 0.29) is 12.0 Å². The first kappa shape index (κ1) is 22.3. The highest BCUT2D eigenvalue weighted by Gasteiger charge is 2.27. The number of fused-ring (bicyclic) bond motifs is 1. The summed E-state index contributed by atoms with van der Waals surface area (Å²) in [5.41, 5.74) is 0.550. The molecule has 158 valence electrons. The molecule has 3 heterocycles. The second kappa shape index (κ2) is 11.1. The van der Waals surface area contributed by atoms with Gasteiger partial charge in [0.05, 0.1) is 19.8 Å². The summed E-state index contributed by atoms with van der Waals surface area (Å²) in [5.74, 6) is -2.08. The van der Waals surface area contributed by atoms with Gasteiger partial charge in [-0.05, 0) is 18.6 Å². The first-order chi connectivity index (χ1) is 13.9. The van der Waals surface area contributed by atoms with Gasteiger partial charge in [0, 0.05) is 45.0 Å². The van der Waals surface area contributed by atoms with E-state index in [1.165, 1.54) is 0 Å². The Hall–Kier alpha value is -2.98. The molecule has 1 aromatic heterocycles. The highest BCUT2D eigenvalue weighted by molar-refractivity contribution is 5.96. The molecule has 1 unspecified atom stereocenters. The molecule has 1 aromatic rings. The van der Waals surface area contributed by atoms with Crippen LogP contribution in [0.25, 0.3) is 0 Å². The number of hydrogen-bond donors (Lipinski definition) is 2. The molecular weight excluding hydrogens is 382 g/mol. The lowest BCUT2D eigenvalue weighted by molar-refractivity contribution is -0.134. The van der Waals surface area contributed by atoms with Gasteiger partial charge in [-0.2, -0.15) is 0 Å². The highest BCUT2D eigenvalue weighted by Crippen LogP contribution is 2.22. The Morgan fingerprint density at radius 3 is 2.52 bits per heavy atom. The lowest BCUT2D eigenvalue weighted by Gasteiger charge is -2.28. The molecule has 1 fully saturated rings. The number of carboxylic acid groups (broad SMARTS) is 2. The summed E-state index contributed by atoms with van der Waals surface area (Å²) < 4.78 is 11.3. The number of hydrogen-bond acceptors (Lipinski definition) is 7. The average Bonchev–Trinajstić information content (AvgIpc) is 2.83. The van der Waals surface area contributed by atoms with E-state index in [1.807, 2.05) is 7.05 Å². The first-order valence-corrected chi connectivity index (χ1v) is 9.18. The summed E-state index contributed by atoms with van der Waals surface area (Å²) in [4.78, 5) is 39.7. The van der Waals surface area contributed by atoms with Crippen LogP contribution in [-0.4, -0.2) is 95.4 Å². The zero-order chi connectivity index (χ0) is 21.2. The van der Waals surface area contributed by atoms with Gasteiger partial charge < -0.3 is 24.6 Å². The van der Waals surface area contributed by atoms with Gasteiger partial charge in [0.1, 0.15) is 11.7 Å². The van der Waals surface area contributed by atoms with E-state index in [2.05, 4.69) is 9.88 Å². The molecule has 1 saturated heterocycles. The van der Waals surface area contributed by atoms with Crippen LogP contribution in [0.3, 0.4) is 0 Å². The molecule has 3 rings (SSSR count). The Kier molecular flexibility index (Phi) is 8.56. The first-order valence-electron chi connectivity index (χ1n) is 9.18. The van der Waals surface area contributed by atoms with E-state index >= 15 is 0 Å². The number of carbonyl (C=O) groups is 3. The van der Waals surface area contributed by atoms with E-state index in [1.54, 1.807) is 23.2 Å². The van der Waals surface area contributed by atoms with E-state index in [9.17, 15) is 14.4 Å². The maximum absolute atomic E-state index is 12.3. The molecule has 0 saturated carbocycles. The van der Waals surface area contributed by atoms with Gasteiger partial charge in [0.2, 0.25) is 5.88 Å². The van der Waals surface area contributed by atoms with Gasteiger partial charge in [-0.3, -0.25) is 9.69 Å². The minimum absolute atomic E-state index is 0.0158. The number of morpholine rings is 1. The topological polar surface area (TPSA) is 130 Å². The van der Waals surface area contributed by atoms with Gasteiger partial charge in [-0.1, -0.05) is 0 Å². The minimum Gasteiger partial charge on any atom is -0.478 e. The second-order valence-electron chi connectivity index (χ2n) is 6.53. The van der Waals surface area contributed by atoms with Gasteiger partial charge in [-0.15, -0.1) is 0 Å². The van der Waals surface area contributed by atoms with Crippen molar-refractivity contribution in [2.24, 2.45) is 0 Å². The number of carboxylic acids is 2. The van der Waals surface area contributed by atoms with Gasteiger partial charge in [0.15, 0.2) is 0 Å². The summed E-state index contributed by atoms with van der Waals surface area (Å²) in [7, 11) is 1.82. The summed E-state index contributed by atoms with van der Waals surface area (Å²) in [6.07, 6.45) is 3.65. The van der Waals surface area contributed by atoms with E-state index in [4.69, 9.17) is 19.7 Å². The quantitative estimate of drug-likeness (QED) is 0.664. The number of amides is 1. The maximum atomic E-state index is 12.3. The molecule has 2 aliphatic rings. The van der Waals surface area contributed by atoms with Crippen LogP contribution >= 0.6 is 0 Å². The van der Waals surface area contributed by atoms with Crippen LogP contribution in [0.1, 0.15) is 16.8 Å².